The Morgan fingerprint density at radius 3 is 2.38 bits per heavy atom. The largest absolute Gasteiger partial charge is 0.481 e. The second-order valence-electron chi connectivity index (χ2n) is 3.29. The van der Waals surface area contributed by atoms with Crippen LogP contribution in [0, 0.1) is 0 Å². The van der Waals surface area contributed by atoms with Gasteiger partial charge in [-0.3, -0.25) is 0 Å². The van der Waals surface area contributed by atoms with E-state index in [0.29, 0.717) is 16.7 Å². The summed E-state index contributed by atoms with van der Waals surface area (Å²) < 4.78 is 4.99. The van der Waals surface area contributed by atoms with Crippen LogP contribution in [0.15, 0.2) is 36.4 Å². The van der Waals surface area contributed by atoms with E-state index in [-0.39, 0.29) is 0 Å². The number of hydrogen-bond acceptors (Lipinski definition) is 3. The van der Waals surface area contributed by atoms with E-state index < -0.39 is 0 Å². The summed E-state index contributed by atoms with van der Waals surface area (Å²) in [7, 11) is 1.56. The van der Waals surface area contributed by atoms with Gasteiger partial charge in [-0.25, -0.2) is 0 Å². The number of halogens is 1. The molecule has 0 unspecified atom stereocenters. The number of pyridine rings is 1. The summed E-state index contributed by atoms with van der Waals surface area (Å²) in [6, 6.07) is 11.1. The molecule has 2 rings (SSSR count). The van der Waals surface area contributed by atoms with E-state index in [4.69, 9.17) is 22.1 Å². The van der Waals surface area contributed by atoms with Crippen LogP contribution in [0.4, 0.5) is 5.82 Å². The molecule has 0 atom stereocenters. The zero-order valence-corrected chi connectivity index (χ0v) is 9.53. The monoisotopic (exact) mass is 234 g/mol. The van der Waals surface area contributed by atoms with Crippen molar-refractivity contribution < 1.29 is 4.74 Å². The molecule has 0 saturated carbocycles. The van der Waals surface area contributed by atoms with E-state index in [0.717, 1.165) is 11.1 Å². The van der Waals surface area contributed by atoms with Gasteiger partial charge in [0, 0.05) is 16.7 Å². The minimum absolute atomic E-state index is 0.446. The van der Waals surface area contributed by atoms with E-state index in [9.17, 15) is 0 Å². The maximum Gasteiger partial charge on any atom is 0.214 e. The van der Waals surface area contributed by atoms with Crippen LogP contribution < -0.4 is 10.5 Å². The zero-order chi connectivity index (χ0) is 11.5. The van der Waals surface area contributed by atoms with Gasteiger partial charge in [0.2, 0.25) is 5.88 Å². The molecule has 0 spiro atoms. The smallest absolute Gasteiger partial charge is 0.214 e. The Hall–Kier alpha value is -1.74. The zero-order valence-electron chi connectivity index (χ0n) is 8.77. The van der Waals surface area contributed by atoms with Crippen LogP contribution in [0.25, 0.3) is 11.1 Å². The van der Waals surface area contributed by atoms with Gasteiger partial charge < -0.3 is 10.5 Å². The van der Waals surface area contributed by atoms with Gasteiger partial charge in [0.1, 0.15) is 5.82 Å². The van der Waals surface area contributed by atoms with Crippen LogP contribution in [0.3, 0.4) is 0 Å². The first kappa shape index (κ1) is 10.8. The van der Waals surface area contributed by atoms with Crippen molar-refractivity contribution in [2.24, 2.45) is 0 Å². The average molecular weight is 235 g/mol. The molecule has 1 heterocycles. The Balaban J connectivity index is 2.44. The second kappa shape index (κ2) is 4.41. The highest BCUT2D eigenvalue weighted by molar-refractivity contribution is 6.30. The lowest BCUT2D eigenvalue weighted by Crippen LogP contribution is -1.96. The van der Waals surface area contributed by atoms with Crippen molar-refractivity contribution >= 4 is 17.4 Å². The predicted molar refractivity (Wildman–Crippen MR) is 65.6 cm³/mol. The minimum atomic E-state index is 0.446. The van der Waals surface area contributed by atoms with Crippen LogP contribution in [0.2, 0.25) is 5.02 Å². The molecule has 82 valence electrons. The van der Waals surface area contributed by atoms with Gasteiger partial charge in [-0.1, -0.05) is 23.7 Å². The molecular weight excluding hydrogens is 224 g/mol. The van der Waals surface area contributed by atoms with Crippen molar-refractivity contribution in [3.63, 3.8) is 0 Å². The molecule has 0 aliphatic heterocycles. The number of ether oxygens (including phenoxy) is 1. The van der Waals surface area contributed by atoms with Gasteiger partial charge in [-0.15, -0.1) is 0 Å². The van der Waals surface area contributed by atoms with Crippen molar-refractivity contribution in [2.75, 3.05) is 12.8 Å². The maximum absolute atomic E-state index is 5.84. The summed E-state index contributed by atoms with van der Waals surface area (Å²) in [5.41, 5.74) is 7.70. The van der Waals surface area contributed by atoms with Crippen molar-refractivity contribution in [1.29, 1.82) is 0 Å². The lowest BCUT2D eigenvalue weighted by Gasteiger charge is -2.06. The number of nitrogens with two attached hydrogens (primary N) is 1. The first-order valence-electron chi connectivity index (χ1n) is 4.77. The van der Waals surface area contributed by atoms with Gasteiger partial charge in [0.15, 0.2) is 0 Å². The fourth-order valence-corrected chi connectivity index (χ4v) is 1.57. The summed E-state index contributed by atoms with van der Waals surface area (Å²) in [5.74, 6) is 0.955. The number of benzene rings is 1. The lowest BCUT2D eigenvalue weighted by molar-refractivity contribution is 0.398. The Morgan fingerprint density at radius 1 is 1.12 bits per heavy atom. The Morgan fingerprint density at radius 2 is 1.81 bits per heavy atom. The van der Waals surface area contributed by atoms with Crippen LogP contribution in [0.1, 0.15) is 0 Å². The summed E-state index contributed by atoms with van der Waals surface area (Å²) in [4.78, 5) is 4.11. The van der Waals surface area contributed by atoms with Crippen molar-refractivity contribution in [3.8, 4) is 17.0 Å². The SMILES string of the molecule is COc1ccc(-c2ccc(Cl)cc2)c(N)n1. The molecule has 1 aromatic heterocycles. The van der Waals surface area contributed by atoms with Gasteiger partial charge in [-0.2, -0.15) is 4.98 Å². The van der Waals surface area contributed by atoms with E-state index in [1.54, 1.807) is 13.2 Å². The highest BCUT2D eigenvalue weighted by Crippen LogP contribution is 2.27. The first-order chi connectivity index (χ1) is 7.70. The number of methoxy groups -OCH3 is 1. The third kappa shape index (κ3) is 2.09. The van der Waals surface area contributed by atoms with E-state index >= 15 is 0 Å². The van der Waals surface area contributed by atoms with Crippen LogP contribution in [-0.4, -0.2) is 12.1 Å². The van der Waals surface area contributed by atoms with Gasteiger partial charge in [0.05, 0.1) is 7.11 Å². The number of aromatic nitrogens is 1. The average Bonchev–Trinajstić information content (AvgIpc) is 2.30. The van der Waals surface area contributed by atoms with Crippen molar-refractivity contribution in [1.82, 2.24) is 4.98 Å². The molecule has 4 heteroatoms. The van der Waals surface area contributed by atoms with Crippen LogP contribution in [-0.2, 0) is 0 Å². The third-order valence-corrected chi connectivity index (χ3v) is 2.52. The highest BCUT2D eigenvalue weighted by atomic mass is 35.5. The van der Waals surface area contributed by atoms with Gasteiger partial charge in [0.25, 0.3) is 0 Å². The van der Waals surface area contributed by atoms with E-state index in [1.807, 2.05) is 30.3 Å². The molecule has 0 saturated heterocycles. The molecule has 0 amide bonds. The normalized spacial score (nSPS) is 10.1. The molecule has 0 aliphatic carbocycles. The number of nitrogen functional groups attached to an aromatic ring is 1. The lowest BCUT2D eigenvalue weighted by atomic mass is 10.1. The summed E-state index contributed by atoms with van der Waals surface area (Å²) in [6.45, 7) is 0. The summed E-state index contributed by atoms with van der Waals surface area (Å²) in [6.07, 6.45) is 0. The van der Waals surface area contributed by atoms with E-state index in [1.165, 1.54) is 0 Å². The quantitative estimate of drug-likeness (QED) is 0.869. The second-order valence-corrected chi connectivity index (χ2v) is 3.73. The number of anilines is 1. The molecule has 0 bridgehead atoms. The fraction of sp³-hybridized carbons (Fsp3) is 0.0833. The first-order valence-corrected chi connectivity index (χ1v) is 5.15. The van der Waals surface area contributed by atoms with Gasteiger partial charge in [-0.05, 0) is 23.8 Å². The molecule has 0 fully saturated rings. The molecule has 2 aromatic rings. The van der Waals surface area contributed by atoms with Crippen LogP contribution >= 0.6 is 11.6 Å². The van der Waals surface area contributed by atoms with Crippen molar-refractivity contribution in [2.45, 2.75) is 0 Å². The van der Waals surface area contributed by atoms with Gasteiger partial charge >= 0.3 is 0 Å². The van der Waals surface area contributed by atoms with Crippen molar-refractivity contribution in [3.05, 3.63) is 41.4 Å². The minimum Gasteiger partial charge on any atom is -0.481 e. The highest BCUT2D eigenvalue weighted by Gasteiger charge is 2.05. The molecular formula is C12H11ClN2O. The Bertz CT molecular complexity index is 497. The molecule has 0 aliphatic rings. The topological polar surface area (TPSA) is 48.1 Å². The number of rotatable bonds is 2. The van der Waals surface area contributed by atoms with E-state index in [2.05, 4.69) is 4.98 Å². The maximum atomic E-state index is 5.84. The Kier molecular flexibility index (Phi) is 2.97. The fourth-order valence-electron chi connectivity index (χ4n) is 1.44. The molecule has 0 radical (unpaired) electrons. The number of nitrogens with zero attached hydrogens (tertiary/aromatic N) is 1. The molecule has 3 nitrogen and oxygen atoms in total. The Labute approximate surface area is 98.8 Å². The summed E-state index contributed by atoms with van der Waals surface area (Å²) >= 11 is 5.82. The third-order valence-electron chi connectivity index (χ3n) is 2.26. The molecule has 1 aromatic carbocycles. The van der Waals surface area contributed by atoms with Crippen LogP contribution in [0.5, 0.6) is 5.88 Å². The summed E-state index contributed by atoms with van der Waals surface area (Å²) in [5, 5.41) is 0.698. The molecule has 2 N–H and O–H groups in total. The standard InChI is InChI=1S/C12H11ClN2O/c1-16-11-7-6-10(12(14)15-11)8-2-4-9(13)5-3-8/h2-7H,1H3,(H2,14,15). The predicted octanol–water partition coefficient (Wildman–Crippen LogP) is 2.99. The number of hydrogen-bond donors (Lipinski definition) is 1. The molecule has 16 heavy (non-hydrogen) atoms.